The highest BCUT2D eigenvalue weighted by molar-refractivity contribution is 8.18. The van der Waals surface area contributed by atoms with Crippen molar-refractivity contribution in [2.75, 3.05) is 31.2 Å². The van der Waals surface area contributed by atoms with Gasteiger partial charge in [0.05, 0.1) is 29.6 Å². The number of non-ortho nitro benzene ring substituents is 1. The number of rotatable bonds is 5. The van der Waals surface area contributed by atoms with Gasteiger partial charge in [0.2, 0.25) is 0 Å². The van der Waals surface area contributed by atoms with Crippen LogP contribution in [0.1, 0.15) is 11.1 Å². The van der Waals surface area contributed by atoms with Crippen LogP contribution in [0.25, 0.3) is 16.8 Å². The number of carbonyl (C=O) groups is 2. The third-order valence-electron chi connectivity index (χ3n) is 5.94. The minimum atomic E-state index is -0.466. The Bertz CT molecular complexity index is 1330. The highest BCUT2D eigenvalue weighted by Gasteiger charge is 2.35. The van der Waals surface area contributed by atoms with E-state index in [-0.39, 0.29) is 22.4 Å². The van der Waals surface area contributed by atoms with Gasteiger partial charge in [0.15, 0.2) is 0 Å². The topological polar surface area (TPSA) is 93.0 Å². The normalized spacial score (nSPS) is 17.7. The van der Waals surface area contributed by atoms with E-state index in [0.717, 1.165) is 33.8 Å². The molecule has 2 saturated heterocycles. The Hall–Kier alpha value is -3.69. The number of hydrogen-bond donors (Lipinski definition) is 0. The number of imide groups is 1. The van der Waals surface area contributed by atoms with E-state index in [1.807, 2.05) is 42.5 Å². The summed E-state index contributed by atoms with van der Waals surface area (Å²) in [6.07, 6.45) is 1.59. The third-order valence-corrected chi connectivity index (χ3v) is 6.85. The number of morpholine rings is 1. The molecule has 2 heterocycles. The number of amides is 2. The van der Waals surface area contributed by atoms with Crippen molar-refractivity contribution in [3.8, 4) is 0 Å². The summed E-state index contributed by atoms with van der Waals surface area (Å²) in [5.74, 6) is -0.401. The van der Waals surface area contributed by atoms with Gasteiger partial charge in [-0.3, -0.25) is 24.6 Å². The SMILES string of the molecule is O=C1S/C(=C\c2cc([N+](=O)[O-])ccc2N2CCOCC2)C(=O)N1Cc1cccc2ccccc12. The van der Waals surface area contributed by atoms with Gasteiger partial charge in [0, 0.05) is 36.5 Å². The number of benzene rings is 3. The molecule has 8 nitrogen and oxygen atoms in total. The quantitative estimate of drug-likeness (QED) is 0.297. The summed E-state index contributed by atoms with van der Waals surface area (Å²) in [6.45, 7) is 2.55. The van der Waals surface area contributed by atoms with Crippen molar-refractivity contribution in [2.45, 2.75) is 6.54 Å². The van der Waals surface area contributed by atoms with Crippen LogP contribution in [0.3, 0.4) is 0 Å². The lowest BCUT2D eigenvalue weighted by Crippen LogP contribution is -2.36. The van der Waals surface area contributed by atoms with Crippen molar-refractivity contribution in [1.82, 2.24) is 4.90 Å². The monoisotopic (exact) mass is 475 g/mol. The van der Waals surface area contributed by atoms with Crippen LogP contribution in [0.5, 0.6) is 0 Å². The molecule has 3 aromatic carbocycles. The summed E-state index contributed by atoms with van der Waals surface area (Å²) in [5, 5.41) is 13.0. The van der Waals surface area contributed by atoms with E-state index in [2.05, 4.69) is 4.90 Å². The standard InChI is InChI=1S/C25H21N3O5S/c29-24-23(15-19-14-20(28(31)32)8-9-22(19)26-10-12-33-13-11-26)34-25(30)27(24)16-18-6-3-5-17-4-1-2-7-21(17)18/h1-9,14-15H,10-13,16H2/b23-15-. The average molecular weight is 476 g/mol. The van der Waals surface area contributed by atoms with Crippen LogP contribution in [-0.2, 0) is 16.1 Å². The van der Waals surface area contributed by atoms with Crippen molar-refractivity contribution in [2.24, 2.45) is 0 Å². The molecule has 3 aromatic rings. The van der Waals surface area contributed by atoms with Crippen LogP contribution in [0, 0.1) is 10.1 Å². The number of thioether (sulfide) groups is 1. The Balaban J connectivity index is 1.47. The molecular weight excluding hydrogens is 454 g/mol. The summed E-state index contributed by atoms with van der Waals surface area (Å²) in [6, 6.07) is 18.2. The minimum absolute atomic E-state index is 0.0711. The predicted molar refractivity (Wildman–Crippen MR) is 132 cm³/mol. The minimum Gasteiger partial charge on any atom is -0.378 e. The predicted octanol–water partition coefficient (Wildman–Crippen LogP) is 4.82. The maximum atomic E-state index is 13.2. The van der Waals surface area contributed by atoms with Crippen molar-refractivity contribution in [3.05, 3.63) is 86.8 Å². The van der Waals surface area contributed by atoms with E-state index in [0.29, 0.717) is 31.9 Å². The zero-order valence-corrected chi connectivity index (χ0v) is 19.0. The molecule has 2 amide bonds. The van der Waals surface area contributed by atoms with Crippen LogP contribution in [0.2, 0.25) is 0 Å². The highest BCUT2D eigenvalue weighted by Crippen LogP contribution is 2.37. The lowest BCUT2D eigenvalue weighted by molar-refractivity contribution is -0.384. The number of fused-ring (bicyclic) bond motifs is 1. The maximum absolute atomic E-state index is 13.2. The first kappa shape index (κ1) is 22.1. The molecule has 2 fully saturated rings. The van der Waals surface area contributed by atoms with E-state index in [1.165, 1.54) is 17.0 Å². The number of ether oxygens (including phenoxy) is 1. The van der Waals surface area contributed by atoms with E-state index in [4.69, 9.17) is 4.74 Å². The molecule has 0 N–H and O–H groups in total. The molecule has 5 rings (SSSR count). The molecular formula is C25H21N3O5S. The zero-order chi connectivity index (χ0) is 23.7. The molecule has 9 heteroatoms. The molecule has 0 spiro atoms. The highest BCUT2D eigenvalue weighted by atomic mass is 32.2. The molecule has 0 aromatic heterocycles. The molecule has 34 heavy (non-hydrogen) atoms. The van der Waals surface area contributed by atoms with Crippen LogP contribution in [-0.4, -0.2) is 47.3 Å². The van der Waals surface area contributed by atoms with Gasteiger partial charge in [-0.15, -0.1) is 0 Å². The van der Waals surface area contributed by atoms with Gasteiger partial charge in [-0.2, -0.15) is 0 Å². The number of nitro groups is 1. The summed E-state index contributed by atoms with van der Waals surface area (Å²) >= 11 is 0.856. The van der Waals surface area contributed by atoms with Gasteiger partial charge in [-0.1, -0.05) is 42.5 Å². The van der Waals surface area contributed by atoms with Gasteiger partial charge in [-0.25, -0.2) is 0 Å². The lowest BCUT2D eigenvalue weighted by atomic mass is 10.0. The fourth-order valence-corrected chi connectivity index (χ4v) is 5.07. The molecule has 0 aliphatic carbocycles. The maximum Gasteiger partial charge on any atom is 0.293 e. The second-order valence-corrected chi connectivity index (χ2v) is 9.00. The second-order valence-electron chi connectivity index (χ2n) is 8.01. The fraction of sp³-hybridized carbons (Fsp3) is 0.200. The smallest absolute Gasteiger partial charge is 0.293 e. The first-order chi connectivity index (χ1) is 16.5. The van der Waals surface area contributed by atoms with E-state index in [9.17, 15) is 19.7 Å². The summed E-state index contributed by atoms with van der Waals surface area (Å²) in [7, 11) is 0. The van der Waals surface area contributed by atoms with Crippen molar-refractivity contribution in [1.29, 1.82) is 0 Å². The number of hydrogen-bond acceptors (Lipinski definition) is 7. The van der Waals surface area contributed by atoms with Crippen LogP contribution in [0.15, 0.2) is 65.6 Å². The molecule has 0 atom stereocenters. The summed E-state index contributed by atoms with van der Waals surface area (Å²) < 4.78 is 5.41. The van der Waals surface area contributed by atoms with Crippen LogP contribution < -0.4 is 4.90 Å². The molecule has 0 bridgehead atoms. The molecule has 0 radical (unpaired) electrons. The van der Waals surface area contributed by atoms with E-state index < -0.39 is 10.8 Å². The second kappa shape index (κ2) is 9.28. The molecule has 0 saturated carbocycles. The van der Waals surface area contributed by atoms with Crippen LogP contribution in [0.4, 0.5) is 16.2 Å². The zero-order valence-electron chi connectivity index (χ0n) is 18.2. The largest absolute Gasteiger partial charge is 0.378 e. The molecule has 2 aliphatic heterocycles. The van der Waals surface area contributed by atoms with Crippen molar-refractivity contribution in [3.63, 3.8) is 0 Å². The first-order valence-corrected chi connectivity index (χ1v) is 11.7. The van der Waals surface area contributed by atoms with E-state index >= 15 is 0 Å². The van der Waals surface area contributed by atoms with Gasteiger partial charge in [-0.05, 0) is 40.2 Å². The van der Waals surface area contributed by atoms with Gasteiger partial charge >= 0.3 is 0 Å². The van der Waals surface area contributed by atoms with Gasteiger partial charge in [0.1, 0.15) is 0 Å². The lowest BCUT2D eigenvalue weighted by Gasteiger charge is -2.30. The summed E-state index contributed by atoms with van der Waals surface area (Å²) in [4.78, 5) is 40.4. The Kier molecular flexibility index (Phi) is 6.04. The van der Waals surface area contributed by atoms with E-state index in [1.54, 1.807) is 12.1 Å². The van der Waals surface area contributed by atoms with Crippen LogP contribution >= 0.6 is 11.8 Å². The average Bonchev–Trinajstić information content (AvgIpc) is 3.12. The molecule has 0 unspecified atom stereocenters. The Morgan fingerprint density at radius 3 is 2.59 bits per heavy atom. The number of carbonyl (C=O) groups excluding carboxylic acids is 2. The number of nitro benzene ring substituents is 1. The Morgan fingerprint density at radius 1 is 1.03 bits per heavy atom. The number of nitrogens with zero attached hydrogens (tertiary/aromatic N) is 3. The molecule has 2 aliphatic rings. The van der Waals surface area contributed by atoms with Gasteiger partial charge < -0.3 is 9.64 Å². The van der Waals surface area contributed by atoms with Crippen molar-refractivity contribution >= 4 is 51.1 Å². The van der Waals surface area contributed by atoms with Gasteiger partial charge in [0.25, 0.3) is 16.8 Å². The summed E-state index contributed by atoms with van der Waals surface area (Å²) in [5.41, 5.74) is 2.12. The van der Waals surface area contributed by atoms with Crippen molar-refractivity contribution < 1.29 is 19.2 Å². The fourth-order valence-electron chi connectivity index (χ4n) is 4.24. The Labute approximate surface area is 199 Å². The first-order valence-electron chi connectivity index (χ1n) is 10.8. The molecule has 172 valence electrons. The Morgan fingerprint density at radius 2 is 1.79 bits per heavy atom. The third kappa shape index (κ3) is 4.27. The number of anilines is 1.